The molecule has 0 aliphatic rings. The molecule has 0 heterocycles. The molecule has 0 aromatic heterocycles. The molecule has 1 aromatic carbocycles. The van der Waals surface area contributed by atoms with Crippen LogP contribution in [0.2, 0.25) is 0 Å². The molecule has 0 aliphatic heterocycles. The van der Waals surface area contributed by atoms with Crippen molar-refractivity contribution >= 4 is 16.7 Å². The molecule has 100 valence electrons. The van der Waals surface area contributed by atoms with Gasteiger partial charge in [-0.05, 0) is 12.5 Å². The van der Waals surface area contributed by atoms with Gasteiger partial charge in [-0.15, -0.1) is 0 Å². The summed E-state index contributed by atoms with van der Waals surface area (Å²) >= 11 is 0. The van der Waals surface area contributed by atoms with Crippen LogP contribution in [-0.4, -0.2) is 28.2 Å². The average Bonchev–Trinajstić information content (AvgIpc) is 2.39. The third kappa shape index (κ3) is 3.92. The van der Waals surface area contributed by atoms with Crippen LogP contribution in [0.3, 0.4) is 0 Å². The largest absolute Gasteiger partial charge is 0.353 e. The summed E-state index contributed by atoms with van der Waals surface area (Å²) in [7, 11) is -0.870. The fourth-order valence-corrected chi connectivity index (χ4v) is 2.14. The molecule has 3 N–H and O–H groups in total. The summed E-state index contributed by atoms with van der Waals surface area (Å²) in [5.41, 5.74) is 5.75. The maximum Gasteiger partial charge on any atom is 0.244 e. The maximum absolute atomic E-state index is 12.0. The van der Waals surface area contributed by atoms with Gasteiger partial charge in [0.15, 0.2) is 0 Å². The van der Waals surface area contributed by atoms with Crippen LogP contribution >= 0.6 is 0 Å². The van der Waals surface area contributed by atoms with Crippen molar-refractivity contribution in [2.24, 2.45) is 5.73 Å². The van der Waals surface area contributed by atoms with E-state index in [2.05, 4.69) is 5.32 Å². The molecule has 0 saturated carbocycles. The summed E-state index contributed by atoms with van der Waals surface area (Å²) in [6, 6.07) is 9.22. The lowest BCUT2D eigenvalue weighted by Gasteiger charge is -2.24. The molecule has 2 unspecified atom stereocenters. The topological polar surface area (TPSA) is 72.2 Å². The summed E-state index contributed by atoms with van der Waals surface area (Å²) in [5.74, 6) is 0.823. The van der Waals surface area contributed by atoms with Crippen LogP contribution in [-0.2, 0) is 21.1 Å². The second-order valence-electron chi connectivity index (χ2n) is 4.26. The van der Waals surface area contributed by atoms with E-state index in [1.807, 2.05) is 37.3 Å². The van der Waals surface area contributed by atoms with Crippen LogP contribution in [0.5, 0.6) is 0 Å². The summed E-state index contributed by atoms with van der Waals surface area (Å²) in [6.45, 7) is 3.92. The van der Waals surface area contributed by atoms with E-state index in [4.69, 9.17) is 5.73 Å². The van der Waals surface area contributed by atoms with E-state index in [0.717, 1.165) is 5.56 Å². The number of carbonyl (C=O) groups excluding carboxylic acids is 1. The normalized spacial score (nSPS) is 15.7. The zero-order valence-corrected chi connectivity index (χ0v) is 11.6. The molecule has 0 radical (unpaired) electrons. The third-order valence-electron chi connectivity index (χ3n) is 2.78. The Bertz CT molecular complexity index is 418. The van der Waals surface area contributed by atoms with Gasteiger partial charge >= 0.3 is 0 Å². The lowest BCUT2D eigenvalue weighted by Crippen LogP contribution is -2.49. The minimum Gasteiger partial charge on any atom is -0.353 e. The highest BCUT2D eigenvalue weighted by Crippen LogP contribution is 2.16. The van der Waals surface area contributed by atoms with Gasteiger partial charge in [0, 0.05) is 28.9 Å². The number of amides is 1. The van der Waals surface area contributed by atoms with Crippen molar-refractivity contribution in [1.29, 1.82) is 0 Å². The Labute approximate surface area is 110 Å². The molecule has 2 atom stereocenters. The smallest absolute Gasteiger partial charge is 0.244 e. The van der Waals surface area contributed by atoms with E-state index in [-0.39, 0.29) is 5.91 Å². The molecular weight excluding hydrogens is 248 g/mol. The number of rotatable bonds is 6. The molecular formula is C13H20N2O2S. The number of benzene rings is 1. The van der Waals surface area contributed by atoms with Gasteiger partial charge in [0.2, 0.25) is 5.91 Å². The summed E-state index contributed by atoms with van der Waals surface area (Å²) in [6.07, 6.45) is 0. The molecule has 1 aromatic rings. The lowest BCUT2D eigenvalue weighted by atomic mass is 9.92. The summed E-state index contributed by atoms with van der Waals surface area (Å²) in [4.78, 5) is 12.0. The zero-order chi connectivity index (χ0) is 13.6. The van der Waals surface area contributed by atoms with Crippen LogP contribution in [0.1, 0.15) is 19.4 Å². The minimum atomic E-state index is -1.06. The number of nitrogens with two attached hydrogens (primary N) is 1. The molecule has 0 bridgehead atoms. The van der Waals surface area contributed by atoms with Gasteiger partial charge in [0.1, 0.15) is 5.54 Å². The predicted molar refractivity (Wildman–Crippen MR) is 74.5 cm³/mol. The number of carbonyl (C=O) groups is 1. The SMILES string of the molecule is CCS(=O)CCNC(=O)C(C)(N)c1ccccc1. The highest BCUT2D eigenvalue weighted by atomic mass is 32.2. The molecule has 1 amide bonds. The van der Waals surface area contributed by atoms with Gasteiger partial charge < -0.3 is 11.1 Å². The standard InChI is InChI=1S/C13H20N2O2S/c1-3-18(17)10-9-15-12(16)13(2,14)11-7-5-4-6-8-11/h4-8H,3,9-10,14H2,1-2H3,(H,15,16). The molecule has 1 rings (SSSR count). The average molecular weight is 268 g/mol. The van der Waals surface area contributed by atoms with Gasteiger partial charge in [-0.3, -0.25) is 9.00 Å². The Morgan fingerprint density at radius 1 is 1.39 bits per heavy atom. The van der Waals surface area contributed by atoms with Gasteiger partial charge in [-0.1, -0.05) is 37.3 Å². The first kappa shape index (κ1) is 14.9. The second kappa shape index (κ2) is 6.66. The van der Waals surface area contributed by atoms with Crippen molar-refractivity contribution in [3.63, 3.8) is 0 Å². The molecule has 5 heteroatoms. The van der Waals surface area contributed by atoms with E-state index < -0.39 is 16.3 Å². The number of nitrogens with one attached hydrogen (secondary N) is 1. The molecule has 0 fully saturated rings. The van der Waals surface area contributed by atoms with Crippen LogP contribution < -0.4 is 11.1 Å². The Morgan fingerprint density at radius 3 is 2.56 bits per heavy atom. The summed E-state index contributed by atoms with van der Waals surface area (Å²) in [5, 5.41) is 2.73. The Balaban J connectivity index is 2.58. The molecule has 4 nitrogen and oxygen atoms in total. The maximum atomic E-state index is 12.0. The molecule has 0 spiro atoms. The number of hydrogen-bond donors (Lipinski definition) is 2. The first-order valence-corrected chi connectivity index (χ1v) is 7.45. The van der Waals surface area contributed by atoms with Crippen LogP contribution in [0.25, 0.3) is 0 Å². The van der Waals surface area contributed by atoms with E-state index >= 15 is 0 Å². The fourth-order valence-electron chi connectivity index (χ4n) is 1.52. The molecule has 0 saturated heterocycles. The monoisotopic (exact) mass is 268 g/mol. The first-order chi connectivity index (χ1) is 8.48. The first-order valence-electron chi connectivity index (χ1n) is 5.96. The van der Waals surface area contributed by atoms with Crippen LogP contribution in [0.4, 0.5) is 0 Å². The highest BCUT2D eigenvalue weighted by Gasteiger charge is 2.29. The lowest BCUT2D eigenvalue weighted by molar-refractivity contribution is -0.125. The van der Waals surface area contributed by atoms with Gasteiger partial charge in [-0.2, -0.15) is 0 Å². The van der Waals surface area contributed by atoms with Crippen molar-refractivity contribution in [3.8, 4) is 0 Å². The van der Waals surface area contributed by atoms with E-state index in [1.54, 1.807) is 6.92 Å². The quantitative estimate of drug-likeness (QED) is 0.799. The van der Waals surface area contributed by atoms with Crippen LogP contribution in [0.15, 0.2) is 30.3 Å². The van der Waals surface area contributed by atoms with Crippen molar-refractivity contribution in [2.45, 2.75) is 19.4 Å². The van der Waals surface area contributed by atoms with E-state index in [9.17, 15) is 9.00 Å². The molecule has 18 heavy (non-hydrogen) atoms. The van der Waals surface area contributed by atoms with Crippen molar-refractivity contribution in [2.75, 3.05) is 18.1 Å². The zero-order valence-electron chi connectivity index (χ0n) is 10.8. The van der Waals surface area contributed by atoms with Crippen molar-refractivity contribution in [3.05, 3.63) is 35.9 Å². The fraction of sp³-hybridized carbons (Fsp3) is 0.462. The van der Waals surface area contributed by atoms with Gasteiger partial charge in [-0.25, -0.2) is 0 Å². The predicted octanol–water partition coefficient (Wildman–Crippen LogP) is 0.745. The minimum absolute atomic E-state index is 0.248. The van der Waals surface area contributed by atoms with Crippen molar-refractivity contribution < 1.29 is 9.00 Å². The number of hydrogen-bond acceptors (Lipinski definition) is 3. The van der Waals surface area contributed by atoms with Crippen LogP contribution in [0, 0.1) is 0 Å². The van der Waals surface area contributed by atoms with E-state index in [1.165, 1.54) is 0 Å². The third-order valence-corrected chi connectivity index (χ3v) is 4.09. The Morgan fingerprint density at radius 2 is 2.00 bits per heavy atom. The summed E-state index contributed by atoms with van der Waals surface area (Å²) < 4.78 is 11.2. The Hall–Kier alpha value is -1.20. The highest BCUT2D eigenvalue weighted by molar-refractivity contribution is 7.84. The second-order valence-corrected chi connectivity index (χ2v) is 6.12. The van der Waals surface area contributed by atoms with Gasteiger partial charge in [0.25, 0.3) is 0 Å². The Kier molecular flexibility index (Phi) is 5.50. The van der Waals surface area contributed by atoms with Gasteiger partial charge in [0.05, 0.1) is 0 Å². The molecule has 0 aliphatic carbocycles. The van der Waals surface area contributed by atoms with E-state index in [0.29, 0.717) is 18.1 Å². The van der Waals surface area contributed by atoms with Crippen molar-refractivity contribution in [1.82, 2.24) is 5.32 Å².